The van der Waals surface area contributed by atoms with Gasteiger partial charge in [0, 0.05) is 5.54 Å². The van der Waals surface area contributed by atoms with Crippen molar-refractivity contribution >= 4 is 0 Å². The van der Waals surface area contributed by atoms with E-state index in [1.807, 2.05) is 0 Å². The molecule has 0 radical (unpaired) electrons. The SMILES string of the molecule is CC1(C)CCCCC1(N)C1CCCCCC1. The summed E-state index contributed by atoms with van der Waals surface area (Å²) in [5.41, 5.74) is 7.38. The molecule has 0 amide bonds. The fraction of sp³-hybridized carbons (Fsp3) is 1.00. The van der Waals surface area contributed by atoms with E-state index in [1.165, 1.54) is 64.2 Å². The van der Waals surface area contributed by atoms with Gasteiger partial charge in [-0.2, -0.15) is 0 Å². The molecule has 1 unspecified atom stereocenters. The molecule has 0 aromatic carbocycles. The van der Waals surface area contributed by atoms with Crippen LogP contribution in [0.1, 0.15) is 78.1 Å². The van der Waals surface area contributed by atoms with E-state index in [2.05, 4.69) is 13.8 Å². The molecule has 2 N–H and O–H groups in total. The summed E-state index contributed by atoms with van der Waals surface area (Å²) < 4.78 is 0. The first-order valence-electron chi connectivity index (χ1n) is 7.35. The molecule has 1 heteroatoms. The summed E-state index contributed by atoms with van der Waals surface area (Å²) in [5.74, 6) is 0.797. The Kier molecular flexibility index (Phi) is 3.63. The maximum atomic E-state index is 6.88. The molecule has 0 aliphatic heterocycles. The van der Waals surface area contributed by atoms with Crippen molar-refractivity contribution < 1.29 is 0 Å². The predicted molar refractivity (Wildman–Crippen MR) is 70.4 cm³/mol. The highest BCUT2D eigenvalue weighted by atomic mass is 14.8. The van der Waals surface area contributed by atoms with Crippen molar-refractivity contribution in [2.45, 2.75) is 83.6 Å². The van der Waals surface area contributed by atoms with Crippen LogP contribution in [0.4, 0.5) is 0 Å². The summed E-state index contributed by atoms with van der Waals surface area (Å²) in [7, 11) is 0. The van der Waals surface area contributed by atoms with Crippen molar-refractivity contribution in [3.8, 4) is 0 Å². The summed E-state index contributed by atoms with van der Waals surface area (Å²) >= 11 is 0. The normalized spacial score (nSPS) is 36.9. The van der Waals surface area contributed by atoms with Gasteiger partial charge in [-0.1, -0.05) is 52.4 Å². The van der Waals surface area contributed by atoms with Crippen LogP contribution in [-0.2, 0) is 0 Å². The highest BCUT2D eigenvalue weighted by Gasteiger charge is 2.48. The van der Waals surface area contributed by atoms with Crippen LogP contribution >= 0.6 is 0 Å². The molecule has 1 nitrogen and oxygen atoms in total. The molecule has 0 spiro atoms. The highest BCUT2D eigenvalue weighted by Crippen LogP contribution is 2.49. The van der Waals surface area contributed by atoms with Crippen LogP contribution in [0.25, 0.3) is 0 Å². The first kappa shape index (κ1) is 12.4. The van der Waals surface area contributed by atoms with E-state index in [0.717, 1.165) is 5.92 Å². The monoisotopic (exact) mass is 223 g/mol. The second-order valence-electron chi connectivity index (χ2n) is 6.82. The van der Waals surface area contributed by atoms with Crippen molar-refractivity contribution in [2.75, 3.05) is 0 Å². The molecule has 16 heavy (non-hydrogen) atoms. The van der Waals surface area contributed by atoms with E-state index in [9.17, 15) is 0 Å². The van der Waals surface area contributed by atoms with Crippen LogP contribution in [0.2, 0.25) is 0 Å². The van der Waals surface area contributed by atoms with Gasteiger partial charge in [0.2, 0.25) is 0 Å². The fourth-order valence-electron chi connectivity index (χ4n) is 4.11. The van der Waals surface area contributed by atoms with Gasteiger partial charge in [-0.15, -0.1) is 0 Å². The summed E-state index contributed by atoms with van der Waals surface area (Å²) in [6, 6.07) is 0. The van der Waals surface area contributed by atoms with Gasteiger partial charge in [0.15, 0.2) is 0 Å². The zero-order valence-electron chi connectivity index (χ0n) is 11.2. The Labute approximate surface area is 101 Å². The zero-order valence-corrected chi connectivity index (χ0v) is 11.2. The van der Waals surface area contributed by atoms with Crippen molar-refractivity contribution in [3.05, 3.63) is 0 Å². The first-order chi connectivity index (χ1) is 7.56. The van der Waals surface area contributed by atoms with Gasteiger partial charge in [-0.3, -0.25) is 0 Å². The first-order valence-corrected chi connectivity index (χ1v) is 7.35. The van der Waals surface area contributed by atoms with Gasteiger partial charge >= 0.3 is 0 Å². The lowest BCUT2D eigenvalue weighted by Gasteiger charge is -2.52. The van der Waals surface area contributed by atoms with Crippen molar-refractivity contribution in [1.82, 2.24) is 0 Å². The van der Waals surface area contributed by atoms with Crippen molar-refractivity contribution in [3.63, 3.8) is 0 Å². The summed E-state index contributed by atoms with van der Waals surface area (Å²) in [5, 5.41) is 0. The number of hydrogen-bond donors (Lipinski definition) is 1. The Balaban J connectivity index is 2.14. The molecule has 2 saturated carbocycles. The Morgan fingerprint density at radius 3 is 1.94 bits per heavy atom. The van der Waals surface area contributed by atoms with E-state index in [4.69, 9.17) is 5.73 Å². The topological polar surface area (TPSA) is 26.0 Å². The van der Waals surface area contributed by atoms with Crippen LogP contribution in [0.3, 0.4) is 0 Å². The molecule has 0 aromatic rings. The summed E-state index contributed by atoms with van der Waals surface area (Å²) in [6.07, 6.45) is 13.8. The molecule has 0 saturated heterocycles. The molecule has 2 rings (SSSR count). The molecular formula is C15H29N. The number of rotatable bonds is 1. The van der Waals surface area contributed by atoms with E-state index in [0.29, 0.717) is 5.41 Å². The van der Waals surface area contributed by atoms with Crippen LogP contribution in [0, 0.1) is 11.3 Å². The van der Waals surface area contributed by atoms with Gasteiger partial charge < -0.3 is 5.73 Å². The minimum absolute atomic E-state index is 0.135. The predicted octanol–water partition coefficient (Wildman–Crippen LogP) is 4.25. The lowest BCUT2D eigenvalue weighted by molar-refractivity contribution is 0.0369. The highest BCUT2D eigenvalue weighted by molar-refractivity contribution is 5.04. The molecule has 94 valence electrons. The average Bonchev–Trinajstić information content (AvgIpc) is 2.51. The van der Waals surface area contributed by atoms with Crippen molar-refractivity contribution in [1.29, 1.82) is 0 Å². The van der Waals surface area contributed by atoms with Gasteiger partial charge in [0.1, 0.15) is 0 Å². The third-order valence-electron chi connectivity index (χ3n) is 5.49. The average molecular weight is 223 g/mol. The second-order valence-corrected chi connectivity index (χ2v) is 6.82. The quantitative estimate of drug-likeness (QED) is 0.661. The Bertz CT molecular complexity index is 226. The molecule has 2 aliphatic rings. The number of hydrogen-bond acceptors (Lipinski definition) is 1. The van der Waals surface area contributed by atoms with Crippen LogP contribution < -0.4 is 5.73 Å². The third-order valence-corrected chi connectivity index (χ3v) is 5.49. The maximum Gasteiger partial charge on any atom is 0.0234 e. The summed E-state index contributed by atoms with van der Waals surface area (Å²) in [6.45, 7) is 4.83. The lowest BCUT2D eigenvalue weighted by Crippen LogP contribution is -2.59. The fourth-order valence-corrected chi connectivity index (χ4v) is 4.11. The second kappa shape index (κ2) is 4.68. The zero-order chi connectivity index (χ0) is 11.6. The summed E-state index contributed by atoms with van der Waals surface area (Å²) in [4.78, 5) is 0. The van der Waals surface area contributed by atoms with Crippen LogP contribution in [0.15, 0.2) is 0 Å². The van der Waals surface area contributed by atoms with E-state index >= 15 is 0 Å². The standard InChI is InChI=1S/C15H29N/c1-14(2)11-7-8-12-15(14,16)13-9-5-3-4-6-10-13/h13H,3-12,16H2,1-2H3. The van der Waals surface area contributed by atoms with E-state index in [1.54, 1.807) is 0 Å². The van der Waals surface area contributed by atoms with Gasteiger partial charge in [0.25, 0.3) is 0 Å². The van der Waals surface area contributed by atoms with Crippen LogP contribution in [-0.4, -0.2) is 5.54 Å². The van der Waals surface area contributed by atoms with Gasteiger partial charge in [-0.05, 0) is 37.0 Å². The Hall–Kier alpha value is -0.0400. The molecule has 0 aromatic heterocycles. The molecule has 1 atom stereocenters. The van der Waals surface area contributed by atoms with E-state index < -0.39 is 0 Å². The Morgan fingerprint density at radius 2 is 1.38 bits per heavy atom. The molecule has 0 heterocycles. The largest absolute Gasteiger partial charge is 0.324 e. The van der Waals surface area contributed by atoms with Gasteiger partial charge in [-0.25, -0.2) is 0 Å². The molecule has 2 aliphatic carbocycles. The molecule has 2 fully saturated rings. The molecular weight excluding hydrogens is 194 g/mol. The van der Waals surface area contributed by atoms with Crippen molar-refractivity contribution in [2.24, 2.45) is 17.1 Å². The lowest BCUT2D eigenvalue weighted by atomic mass is 9.57. The van der Waals surface area contributed by atoms with Gasteiger partial charge in [0.05, 0.1) is 0 Å². The van der Waals surface area contributed by atoms with E-state index in [-0.39, 0.29) is 5.54 Å². The Morgan fingerprint density at radius 1 is 0.812 bits per heavy atom. The smallest absolute Gasteiger partial charge is 0.0234 e. The minimum Gasteiger partial charge on any atom is -0.324 e. The molecule has 0 bridgehead atoms. The third kappa shape index (κ3) is 2.16. The maximum absolute atomic E-state index is 6.88. The minimum atomic E-state index is 0.135. The van der Waals surface area contributed by atoms with Crippen LogP contribution in [0.5, 0.6) is 0 Å². The number of nitrogens with two attached hydrogens (primary N) is 1.